The summed E-state index contributed by atoms with van der Waals surface area (Å²) >= 11 is 0. The van der Waals surface area contributed by atoms with Gasteiger partial charge in [0, 0.05) is 19.6 Å². The van der Waals surface area contributed by atoms with Crippen molar-refractivity contribution in [2.75, 3.05) is 39.8 Å². The predicted octanol–water partition coefficient (Wildman–Crippen LogP) is -1.86. The second-order valence-electron chi connectivity index (χ2n) is 4.90. The first kappa shape index (κ1) is 12.3. The molecule has 2 aliphatic rings. The van der Waals surface area contributed by atoms with Crippen LogP contribution in [0.4, 0.5) is 0 Å². The number of piperazine rings is 1. The molecule has 0 aromatic rings. The van der Waals surface area contributed by atoms with Gasteiger partial charge in [0.2, 0.25) is 11.8 Å². The fraction of sp³-hybridized carbons (Fsp3) is 0.818. The van der Waals surface area contributed by atoms with Gasteiger partial charge in [0.1, 0.15) is 6.04 Å². The molecule has 2 fully saturated rings. The summed E-state index contributed by atoms with van der Waals surface area (Å²) in [6.45, 7) is 3.50. The third-order valence-corrected chi connectivity index (χ3v) is 3.38. The van der Waals surface area contributed by atoms with Crippen LogP contribution in [0.5, 0.6) is 0 Å². The first-order valence-electron chi connectivity index (χ1n) is 6.11. The quantitative estimate of drug-likeness (QED) is 0.541. The molecule has 2 saturated heterocycles. The van der Waals surface area contributed by atoms with E-state index in [0.29, 0.717) is 12.5 Å². The van der Waals surface area contributed by atoms with Gasteiger partial charge in [-0.25, -0.2) is 0 Å². The molecule has 17 heavy (non-hydrogen) atoms. The maximum absolute atomic E-state index is 11.8. The Morgan fingerprint density at radius 1 is 1.59 bits per heavy atom. The third kappa shape index (κ3) is 3.41. The van der Waals surface area contributed by atoms with Gasteiger partial charge in [-0.2, -0.15) is 0 Å². The van der Waals surface area contributed by atoms with Crippen molar-refractivity contribution >= 4 is 11.8 Å². The Labute approximate surface area is 101 Å². The molecule has 6 nitrogen and oxygen atoms in total. The first-order valence-corrected chi connectivity index (χ1v) is 6.11. The molecule has 2 unspecified atom stereocenters. The highest BCUT2D eigenvalue weighted by atomic mass is 16.2. The van der Waals surface area contributed by atoms with E-state index in [1.807, 2.05) is 0 Å². The largest absolute Gasteiger partial charge is 0.354 e. The van der Waals surface area contributed by atoms with E-state index >= 15 is 0 Å². The Morgan fingerprint density at radius 3 is 3.00 bits per heavy atom. The maximum atomic E-state index is 11.8. The fourth-order valence-corrected chi connectivity index (χ4v) is 2.31. The molecule has 0 radical (unpaired) electrons. The molecule has 0 aromatic carbocycles. The first-order chi connectivity index (χ1) is 8.15. The average Bonchev–Trinajstić information content (AvgIpc) is 2.73. The molecule has 2 heterocycles. The van der Waals surface area contributed by atoms with Gasteiger partial charge in [-0.1, -0.05) is 0 Å². The molecule has 2 aliphatic heterocycles. The van der Waals surface area contributed by atoms with E-state index in [4.69, 9.17) is 0 Å². The molecular weight excluding hydrogens is 220 g/mol. The summed E-state index contributed by atoms with van der Waals surface area (Å²) in [4.78, 5) is 25.0. The van der Waals surface area contributed by atoms with Crippen molar-refractivity contribution in [3.8, 4) is 0 Å². The summed E-state index contributed by atoms with van der Waals surface area (Å²) in [7, 11) is 2.10. The van der Waals surface area contributed by atoms with Crippen LogP contribution in [0.1, 0.15) is 6.42 Å². The number of carbonyl (C=O) groups is 2. The van der Waals surface area contributed by atoms with Crippen molar-refractivity contribution in [3.05, 3.63) is 0 Å². The standard InChI is InChI=1S/C11H20N4O2/c1-15-3-2-8(7-15)4-14-11(17)9-5-13-10(16)6-12-9/h8-9,12H,2-7H2,1H3,(H,13,16)(H,14,17). The van der Waals surface area contributed by atoms with E-state index in [1.165, 1.54) is 0 Å². The number of nitrogens with one attached hydrogen (secondary N) is 3. The van der Waals surface area contributed by atoms with Crippen LogP contribution < -0.4 is 16.0 Å². The molecule has 2 amide bonds. The average molecular weight is 240 g/mol. The number of nitrogens with zero attached hydrogens (tertiary/aromatic N) is 1. The van der Waals surface area contributed by atoms with Crippen LogP contribution in [0.25, 0.3) is 0 Å². The second-order valence-corrected chi connectivity index (χ2v) is 4.90. The lowest BCUT2D eigenvalue weighted by Gasteiger charge is -2.23. The molecule has 2 rings (SSSR count). The molecule has 0 bridgehead atoms. The van der Waals surface area contributed by atoms with Crippen molar-refractivity contribution in [3.63, 3.8) is 0 Å². The Kier molecular flexibility index (Phi) is 3.96. The van der Waals surface area contributed by atoms with Gasteiger partial charge in [-0.3, -0.25) is 14.9 Å². The number of hydrogen-bond donors (Lipinski definition) is 3. The van der Waals surface area contributed by atoms with Crippen LogP contribution in [-0.4, -0.2) is 62.5 Å². The van der Waals surface area contributed by atoms with Gasteiger partial charge in [-0.05, 0) is 25.9 Å². The van der Waals surface area contributed by atoms with E-state index in [-0.39, 0.29) is 24.4 Å². The lowest BCUT2D eigenvalue weighted by atomic mass is 10.1. The van der Waals surface area contributed by atoms with E-state index in [1.54, 1.807) is 0 Å². The molecule has 0 aromatic heterocycles. The normalized spacial score (nSPS) is 30.1. The number of carbonyl (C=O) groups excluding carboxylic acids is 2. The van der Waals surface area contributed by atoms with Gasteiger partial charge in [-0.15, -0.1) is 0 Å². The summed E-state index contributed by atoms with van der Waals surface area (Å²) in [5.74, 6) is 0.494. The zero-order valence-electron chi connectivity index (χ0n) is 10.2. The third-order valence-electron chi connectivity index (χ3n) is 3.38. The van der Waals surface area contributed by atoms with Crippen LogP contribution >= 0.6 is 0 Å². The molecular formula is C11H20N4O2. The van der Waals surface area contributed by atoms with Crippen molar-refractivity contribution < 1.29 is 9.59 Å². The van der Waals surface area contributed by atoms with Gasteiger partial charge in [0.15, 0.2) is 0 Å². The molecule has 0 aliphatic carbocycles. The molecule has 6 heteroatoms. The van der Waals surface area contributed by atoms with E-state index in [2.05, 4.69) is 27.9 Å². The number of likely N-dealkylation sites (tertiary alicyclic amines) is 1. The van der Waals surface area contributed by atoms with E-state index < -0.39 is 0 Å². The number of hydrogen-bond acceptors (Lipinski definition) is 4. The monoisotopic (exact) mass is 240 g/mol. The highest BCUT2D eigenvalue weighted by Crippen LogP contribution is 2.12. The lowest BCUT2D eigenvalue weighted by Crippen LogP contribution is -2.58. The van der Waals surface area contributed by atoms with Crippen molar-refractivity contribution in [1.82, 2.24) is 20.9 Å². The Balaban J connectivity index is 1.68. The minimum absolute atomic E-state index is 0.0143. The Bertz CT molecular complexity index is 298. The second kappa shape index (κ2) is 5.46. The highest BCUT2D eigenvalue weighted by Gasteiger charge is 2.25. The zero-order chi connectivity index (χ0) is 12.3. The molecule has 3 N–H and O–H groups in total. The number of amides is 2. The predicted molar refractivity (Wildman–Crippen MR) is 63.4 cm³/mol. The Morgan fingerprint density at radius 2 is 2.41 bits per heavy atom. The minimum Gasteiger partial charge on any atom is -0.354 e. The SMILES string of the molecule is CN1CCC(CNC(=O)C2CNC(=O)CN2)C1. The molecule has 2 atom stereocenters. The summed E-state index contributed by atoms with van der Waals surface area (Å²) in [6, 6.07) is -0.285. The van der Waals surface area contributed by atoms with E-state index in [9.17, 15) is 9.59 Å². The number of rotatable bonds is 3. The Hall–Kier alpha value is -1.14. The zero-order valence-corrected chi connectivity index (χ0v) is 10.2. The van der Waals surface area contributed by atoms with Crippen LogP contribution in [0, 0.1) is 5.92 Å². The maximum Gasteiger partial charge on any atom is 0.238 e. The smallest absolute Gasteiger partial charge is 0.238 e. The summed E-state index contributed by atoms with van der Waals surface area (Å²) in [5, 5.41) is 8.55. The summed E-state index contributed by atoms with van der Waals surface area (Å²) < 4.78 is 0. The van der Waals surface area contributed by atoms with Crippen LogP contribution in [0.15, 0.2) is 0 Å². The summed E-state index contributed by atoms with van der Waals surface area (Å²) in [5.41, 5.74) is 0. The van der Waals surface area contributed by atoms with Crippen LogP contribution in [0.3, 0.4) is 0 Å². The van der Waals surface area contributed by atoms with E-state index in [0.717, 1.165) is 26.1 Å². The van der Waals surface area contributed by atoms with Crippen LogP contribution in [-0.2, 0) is 9.59 Å². The van der Waals surface area contributed by atoms with Gasteiger partial charge >= 0.3 is 0 Å². The molecule has 0 saturated carbocycles. The van der Waals surface area contributed by atoms with Crippen molar-refractivity contribution in [1.29, 1.82) is 0 Å². The topological polar surface area (TPSA) is 73.5 Å². The van der Waals surface area contributed by atoms with Crippen molar-refractivity contribution in [2.24, 2.45) is 5.92 Å². The molecule has 96 valence electrons. The van der Waals surface area contributed by atoms with Crippen LogP contribution in [0.2, 0.25) is 0 Å². The van der Waals surface area contributed by atoms with Crippen molar-refractivity contribution in [2.45, 2.75) is 12.5 Å². The van der Waals surface area contributed by atoms with Gasteiger partial charge in [0.05, 0.1) is 6.54 Å². The minimum atomic E-state index is -0.285. The van der Waals surface area contributed by atoms with Gasteiger partial charge in [0.25, 0.3) is 0 Å². The highest BCUT2D eigenvalue weighted by molar-refractivity contribution is 5.86. The lowest BCUT2D eigenvalue weighted by molar-refractivity contribution is -0.126. The fourth-order valence-electron chi connectivity index (χ4n) is 2.31. The van der Waals surface area contributed by atoms with Gasteiger partial charge < -0.3 is 15.5 Å². The molecule has 0 spiro atoms. The summed E-state index contributed by atoms with van der Waals surface area (Å²) in [6.07, 6.45) is 1.14.